The molecular formula is C14H20BrFN2. The topological polar surface area (TPSA) is 15.3 Å². The fraction of sp³-hybridized carbons (Fsp3) is 0.571. The van der Waals surface area contributed by atoms with Crippen molar-refractivity contribution in [2.24, 2.45) is 5.92 Å². The molecule has 0 radical (unpaired) electrons. The molecule has 100 valence electrons. The van der Waals surface area contributed by atoms with Gasteiger partial charge in [-0.1, -0.05) is 6.07 Å². The molecule has 1 aromatic rings. The molecule has 0 unspecified atom stereocenters. The molecule has 4 heteroatoms. The van der Waals surface area contributed by atoms with Crippen LogP contribution in [0.25, 0.3) is 0 Å². The molecule has 0 aliphatic carbocycles. The number of likely N-dealkylation sites (tertiary alicyclic amines) is 1. The fourth-order valence-corrected chi connectivity index (χ4v) is 2.76. The monoisotopic (exact) mass is 314 g/mol. The maximum Gasteiger partial charge on any atom is 0.137 e. The van der Waals surface area contributed by atoms with Crippen LogP contribution in [0.5, 0.6) is 0 Å². The van der Waals surface area contributed by atoms with Crippen molar-refractivity contribution >= 4 is 15.9 Å². The molecule has 18 heavy (non-hydrogen) atoms. The second kappa shape index (κ2) is 6.64. The van der Waals surface area contributed by atoms with Crippen LogP contribution in [0.15, 0.2) is 22.7 Å². The highest BCUT2D eigenvalue weighted by molar-refractivity contribution is 9.10. The van der Waals surface area contributed by atoms with Gasteiger partial charge in [0.15, 0.2) is 0 Å². The molecule has 1 aliphatic heterocycles. The lowest BCUT2D eigenvalue weighted by Crippen LogP contribution is -2.34. The van der Waals surface area contributed by atoms with Gasteiger partial charge in [0.25, 0.3) is 0 Å². The van der Waals surface area contributed by atoms with Crippen LogP contribution in [0.1, 0.15) is 18.4 Å². The number of rotatable bonds is 4. The third-order valence-corrected chi connectivity index (χ3v) is 4.19. The van der Waals surface area contributed by atoms with Crippen LogP contribution in [0.3, 0.4) is 0 Å². The van der Waals surface area contributed by atoms with Gasteiger partial charge in [-0.3, -0.25) is 0 Å². The Morgan fingerprint density at radius 3 is 2.78 bits per heavy atom. The van der Waals surface area contributed by atoms with E-state index in [0.717, 1.165) is 24.6 Å². The summed E-state index contributed by atoms with van der Waals surface area (Å²) in [4.78, 5) is 2.38. The Morgan fingerprint density at radius 1 is 1.39 bits per heavy atom. The molecule has 1 aromatic carbocycles. The Kier molecular flexibility index (Phi) is 5.15. The number of hydrogen-bond acceptors (Lipinski definition) is 2. The molecule has 1 N–H and O–H groups in total. The minimum atomic E-state index is -0.200. The van der Waals surface area contributed by atoms with Gasteiger partial charge in [-0.15, -0.1) is 0 Å². The summed E-state index contributed by atoms with van der Waals surface area (Å²) in [5, 5.41) is 3.47. The van der Waals surface area contributed by atoms with E-state index in [9.17, 15) is 4.39 Å². The van der Waals surface area contributed by atoms with E-state index in [1.807, 2.05) is 12.1 Å². The van der Waals surface area contributed by atoms with Crippen molar-refractivity contribution in [2.45, 2.75) is 19.4 Å². The number of nitrogens with zero attached hydrogens (tertiary/aromatic N) is 1. The lowest BCUT2D eigenvalue weighted by molar-refractivity contribution is 0.216. The summed E-state index contributed by atoms with van der Waals surface area (Å²) in [6.45, 7) is 4.27. The standard InChI is InChI=1S/C14H20BrFN2/c1-18-6-4-11(5-7-18)9-17-10-12-2-3-14(16)13(15)8-12/h2-3,8,11,17H,4-7,9-10H2,1H3. The number of benzene rings is 1. The van der Waals surface area contributed by atoms with E-state index in [2.05, 4.69) is 33.2 Å². The normalized spacial score (nSPS) is 18.2. The Balaban J connectivity index is 1.73. The first-order chi connectivity index (χ1) is 8.65. The van der Waals surface area contributed by atoms with Gasteiger partial charge < -0.3 is 10.2 Å². The van der Waals surface area contributed by atoms with E-state index >= 15 is 0 Å². The Hall–Kier alpha value is -0.450. The molecule has 0 bridgehead atoms. The summed E-state index contributed by atoms with van der Waals surface area (Å²) in [6.07, 6.45) is 2.55. The lowest BCUT2D eigenvalue weighted by Gasteiger charge is -2.29. The minimum absolute atomic E-state index is 0.200. The molecule has 1 saturated heterocycles. The van der Waals surface area contributed by atoms with Gasteiger partial charge >= 0.3 is 0 Å². The number of piperidine rings is 1. The zero-order valence-electron chi connectivity index (χ0n) is 10.8. The van der Waals surface area contributed by atoms with E-state index in [1.54, 1.807) is 0 Å². The zero-order chi connectivity index (χ0) is 13.0. The number of nitrogens with one attached hydrogen (secondary N) is 1. The highest BCUT2D eigenvalue weighted by atomic mass is 79.9. The number of hydrogen-bond donors (Lipinski definition) is 1. The van der Waals surface area contributed by atoms with Gasteiger partial charge in [0.1, 0.15) is 5.82 Å². The molecule has 0 aromatic heterocycles. The van der Waals surface area contributed by atoms with E-state index in [4.69, 9.17) is 0 Å². The molecule has 1 fully saturated rings. The molecule has 1 aliphatic rings. The van der Waals surface area contributed by atoms with Crippen LogP contribution in [0, 0.1) is 11.7 Å². The SMILES string of the molecule is CN1CCC(CNCc2ccc(F)c(Br)c2)CC1. The van der Waals surface area contributed by atoms with Crippen molar-refractivity contribution in [1.29, 1.82) is 0 Å². The molecule has 2 nitrogen and oxygen atoms in total. The Morgan fingerprint density at radius 2 is 2.11 bits per heavy atom. The lowest BCUT2D eigenvalue weighted by atomic mass is 9.97. The van der Waals surface area contributed by atoms with Crippen molar-refractivity contribution in [3.05, 3.63) is 34.1 Å². The molecule has 0 saturated carbocycles. The van der Waals surface area contributed by atoms with Crippen LogP contribution >= 0.6 is 15.9 Å². The molecule has 0 amide bonds. The second-order valence-electron chi connectivity index (χ2n) is 5.13. The van der Waals surface area contributed by atoms with Crippen LogP contribution < -0.4 is 5.32 Å². The van der Waals surface area contributed by atoms with E-state index in [1.165, 1.54) is 32.0 Å². The molecule has 2 rings (SSSR count). The van der Waals surface area contributed by atoms with Crippen LogP contribution in [0.2, 0.25) is 0 Å². The van der Waals surface area contributed by atoms with E-state index < -0.39 is 0 Å². The smallest absolute Gasteiger partial charge is 0.137 e. The summed E-state index contributed by atoms with van der Waals surface area (Å²) < 4.78 is 13.6. The third-order valence-electron chi connectivity index (χ3n) is 3.58. The van der Waals surface area contributed by atoms with Crippen molar-refractivity contribution in [3.63, 3.8) is 0 Å². The van der Waals surface area contributed by atoms with Crippen LogP contribution in [-0.4, -0.2) is 31.6 Å². The van der Waals surface area contributed by atoms with E-state index in [0.29, 0.717) is 4.47 Å². The third kappa shape index (κ3) is 4.04. The minimum Gasteiger partial charge on any atom is -0.312 e. The predicted octanol–water partition coefficient (Wildman–Crippen LogP) is 3.02. The van der Waals surface area contributed by atoms with Gasteiger partial charge in [-0.2, -0.15) is 0 Å². The second-order valence-corrected chi connectivity index (χ2v) is 5.98. The van der Waals surface area contributed by atoms with Gasteiger partial charge in [0.05, 0.1) is 4.47 Å². The average molecular weight is 315 g/mol. The highest BCUT2D eigenvalue weighted by Gasteiger charge is 2.15. The molecule has 0 spiro atoms. The summed E-state index contributed by atoms with van der Waals surface area (Å²) in [5.74, 6) is 0.583. The summed E-state index contributed by atoms with van der Waals surface area (Å²) in [5.41, 5.74) is 1.12. The zero-order valence-corrected chi connectivity index (χ0v) is 12.3. The van der Waals surface area contributed by atoms with Crippen molar-refractivity contribution in [2.75, 3.05) is 26.7 Å². The van der Waals surface area contributed by atoms with Crippen molar-refractivity contribution in [3.8, 4) is 0 Å². The van der Waals surface area contributed by atoms with Crippen LogP contribution in [-0.2, 0) is 6.54 Å². The van der Waals surface area contributed by atoms with Gasteiger partial charge in [-0.25, -0.2) is 4.39 Å². The maximum absolute atomic E-state index is 13.1. The highest BCUT2D eigenvalue weighted by Crippen LogP contribution is 2.17. The Bertz CT molecular complexity index is 389. The van der Waals surface area contributed by atoms with Gasteiger partial charge in [-0.05, 0) is 79.1 Å². The van der Waals surface area contributed by atoms with Crippen molar-refractivity contribution < 1.29 is 4.39 Å². The summed E-state index contributed by atoms with van der Waals surface area (Å²) >= 11 is 3.21. The maximum atomic E-state index is 13.1. The fourth-order valence-electron chi connectivity index (χ4n) is 2.34. The van der Waals surface area contributed by atoms with Crippen LogP contribution in [0.4, 0.5) is 4.39 Å². The Labute approximate surface area is 117 Å². The largest absolute Gasteiger partial charge is 0.312 e. The summed E-state index contributed by atoms with van der Waals surface area (Å²) in [7, 11) is 2.18. The quantitative estimate of drug-likeness (QED) is 0.919. The van der Waals surface area contributed by atoms with Gasteiger partial charge in [0, 0.05) is 6.54 Å². The predicted molar refractivity (Wildman–Crippen MR) is 76.0 cm³/mol. The molecule has 0 atom stereocenters. The van der Waals surface area contributed by atoms with E-state index in [-0.39, 0.29) is 5.82 Å². The first kappa shape index (κ1) is 14.0. The average Bonchev–Trinajstić information content (AvgIpc) is 2.36. The molecular weight excluding hydrogens is 295 g/mol. The molecule has 1 heterocycles. The van der Waals surface area contributed by atoms with Gasteiger partial charge in [0.2, 0.25) is 0 Å². The first-order valence-electron chi connectivity index (χ1n) is 6.48. The summed E-state index contributed by atoms with van der Waals surface area (Å²) in [6, 6.07) is 5.19. The number of halogens is 2. The first-order valence-corrected chi connectivity index (χ1v) is 7.27. The van der Waals surface area contributed by atoms with Crippen molar-refractivity contribution in [1.82, 2.24) is 10.2 Å².